The van der Waals surface area contributed by atoms with Gasteiger partial charge in [-0.05, 0) is 80.9 Å². The molecule has 1 amide bonds. The molecule has 7 heterocycles. The lowest BCUT2D eigenvalue weighted by Gasteiger charge is -2.51. The van der Waals surface area contributed by atoms with E-state index < -0.39 is 35.8 Å². The second-order valence-electron chi connectivity index (χ2n) is 14.7. The Bertz CT molecular complexity index is 2130. The van der Waals surface area contributed by atoms with Crippen LogP contribution < -0.4 is 20.4 Å². The number of pyridine rings is 3. The van der Waals surface area contributed by atoms with E-state index in [1.807, 2.05) is 39.8 Å². The fourth-order valence-electron chi connectivity index (χ4n) is 8.52. The topological polar surface area (TPSA) is 122 Å². The first-order valence-corrected chi connectivity index (χ1v) is 18.8. The third-order valence-corrected chi connectivity index (χ3v) is 11.7. The molecule has 0 radical (unpaired) electrons. The highest BCUT2D eigenvalue weighted by molar-refractivity contribution is 5.98. The monoisotopic (exact) mass is 723 g/mol. The Morgan fingerprint density at radius 3 is 2.60 bits per heavy atom. The molecule has 0 spiro atoms. The predicted molar refractivity (Wildman–Crippen MR) is 200 cm³/mol. The largest absolute Gasteiger partial charge is 0.497 e. The predicted octanol–water partition coefficient (Wildman–Crippen LogP) is 4.48. The molecule has 2 bridgehead atoms. The molecule has 5 fully saturated rings. The number of hydrogen-bond donors (Lipinski definition) is 1. The van der Waals surface area contributed by atoms with Crippen molar-refractivity contribution in [2.45, 2.75) is 50.8 Å². The number of rotatable bonds is 11. The number of piperidine rings is 3. The van der Waals surface area contributed by atoms with E-state index in [9.17, 15) is 14.4 Å². The molecule has 1 aliphatic carbocycles. The molecule has 3 aromatic heterocycles. The molecule has 278 valence electrons. The zero-order chi connectivity index (χ0) is 36.8. The Morgan fingerprint density at radius 1 is 1.09 bits per heavy atom. The van der Waals surface area contributed by atoms with Gasteiger partial charge in [0, 0.05) is 62.1 Å². The second kappa shape index (κ2) is 14.5. The summed E-state index contributed by atoms with van der Waals surface area (Å²) in [6, 6.07) is 8.68. The van der Waals surface area contributed by atoms with E-state index in [-0.39, 0.29) is 28.9 Å². The maximum Gasteiger partial charge on any atom is 0.326 e. The van der Waals surface area contributed by atoms with Crippen molar-refractivity contribution in [3.63, 3.8) is 0 Å². The lowest BCUT2D eigenvalue weighted by atomic mass is 9.73. The standard InChI is InChI=1S/C40H46FN7O5/c1-4-24-22-47-13-11-25(24)18-34(47)37(28-10-12-42-33-9-8-27(52-3)19-29(28)33)53-35(49)21-43-40(51)31-23-48(26-6-7-26)38-30(36(31)50)20-32(41)39(44-38)46-16-14-45(5-2)15-17-46/h4,8-10,12,19-20,23-26,34,37H,1,5-7,11,13-18,21-22H2,2-3H3,(H,43,51)/t24-,25-,34-,37+/m0/s1. The summed E-state index contributed by atoms with van der Waals surface area (Å²) in [5, 5.41) is 3.49. The van der Waals surface area contributed by atoms with Crippen molar-refractivity contribution < 1.29 is 23.5 Å². The van der Waals surface area contributed by atoms with Crippen LogP contribution >= 0.6 is 0 Å². The van der Waals surface area contributed by atoms with Gasteiger partial charge in [-0.1, -0.05) is 13.0 Å². The summed E-state index contributed by atoms with van der Waals surface area (Å²) in [6.07, 6.45) is 8.20. The average molecular weight is 724 g/mol. The van der Waals surface area contributed by atoms with Crippen LogP contribution in [0.4, 0.5) is 10.2 Å². The number of halogens is 1. The molecule has 5 aliphatic rings. The number of anilines is 1. The smallest absolute Gasteiger partial charge is 0.326 e. The van der Waals surface area contributed by atoms with Gasteiger partial charge in [0.2, 0.25) is 5.43 Å². The number of hydrogen-bond acceptors (Lipinski definition) is 10. The van der Waals surface area contributed by atoms with Crippen molar-refractivity contribution in [2.75, 3.05) is 64.4 Å². The molecule has 9 rings (SSSR count). The number of carbonyl (C=O) groups is 2. The molecule has 53 heavy (non-hydrogen) atoms. The zero-order valence-electron chi connectivity index (χ0n) is 30.3. The number of fused-ring (bicyclic) bond motifs is 5. The molecule has 4 saturated heterocycles. The number of aromatic nitrogens is 3. The van der Waals surface area contributed by atoms with Gasteiger partial charge in [0.25, 0.3) is 5.91 Å². The van der Waals surface area contributed by atoms with Gasteiger partial charge in [-0.25, -0.2) is 9.37 Å². The van der Waals surface area contributed by atoms with Gasteiger partial charge in [0.1, 0.15) is 29.6 Å². The van der Waals surface area contributed by atoms with Gasteiger partial charge in [0.05, 0.1) is 24.1 Å². The highest BCUT2D eigenvalue weighted by Gasteiger charge is 2.44. The fourth-order valence-corrected chi connectivity index (χ4v) is 8.52. The Balaban J connectivity index is 1.05. The number of nitrogens with one attached hydrogen (secondary N) is 1. The minimum absolute atomic E-state index is 0.0415. The second-order valence-corrected chi connectivity index (χ2v) is 14.7. The lowest BCUT2D eigenvalue weighted by molar-refractivity contribution is -0.156. The molecule has 5 atom stereocenters. The number of carbonyl (C=O) groups excluding carboxylic acids is 2. The first kappa shape index (κ1) is 35.2. The van der Waals surface area contributed by atoms with Crippen molar-refractivity contribution in [3.05, 3.63) is 82.5 Å². The number of piperazine rings is 1. The minimum atomic E-state index is -0.728. The van der Waals surface area contributed by atoms with Gasteiger partial charge in [-0.2, -0.15) is 0 Å². The normalized spacial score (nSPS) is 23.6. The summed E-state index contributed by atoms with van der Waals surface area (Å²) in [5.41, 5.74) is 1.12. The molecular weight excluding hydrogens is 677 g/mol. The van der Waals surface area contributed by atoms with E-state index in [4.69, 9.17) is 9.47 Å². The molecule has 4 aliphatic heterocycles. The maximum atomic E-state index is 15.6. The summed E-state index contributed by atoms with van der Waals surface area (Å²) in [6.45, 7) is 11.2. The van der Waals surface area contributed by atoms with Crippen molar-refractivity contribution in [2.24, 2.45) is 11.8 Å². The van der Waals surface area contributed by atoms with Crippen LogP contribution in [-0.4, -0.2) is 102 Å². The summed E-state index contributed by atoms with van der Waals surface area (Å²) < 4.78 is 29.2. The highest BCUT2D eigenvalue weighted by atomic mass is 19.1. The first-order chi connectivity index (χ1) is 25.8. The average Bonchev–Trinajstić information content (AvgIpc) is 4.05. The van der Waals surface area contributed by atoms with Gasteiger partial charge >= 0.3 is 5.97 Å². The van der Waals surface area contributed by atoms with Crippen molar-refractivity contribution >= 4 is 39.6 Å². The number of nitrogens with zero attached hydrogens (tertiary/aromatic N) is 6. The Morgan fingerprint density at radius 2 is 1.91 bits per heavy atom. The minimum Gasteiger partial charge on any atom is -0.497 e. The van der Waals surface area contributed by atoms with Gasteiger partial charge in [-0.15, -0.1) is 6.58 Å². The number of esters is 1. The van der Waals surface area contributed by atoms with Crippen LogP contribution in [0.15, 0.2) is 60.2 Å². The van der Waals surface area contributed by atoms with Crippen LogP contribution in [-0.2, 0) is 9.53 Å². The molecule has 1 N–H and O–H groups in total. The van der Waals surface area contributed by atoms with Crippen LogP contribution in [0.1, 0.15) is 60.7 Å². The molecule has 1 aromatic carbocycles. The van der Waals surface area contributed by atoms with Crippen molar-refractivity contribution in [1.82, 2.24) is 29.7 Å². The third-order valence-electron chi connectivity index (χ3n) is 11.7. The summed E-state index contributed by atoms with van der Waals surface area (Å²) in [4.78, 5) is 56.9. The van der Waals surface area contributed by atoms with Gasteiger partial charge < -0.3 is 29.2 Å². The van der Waals surface area contributed by atoms with Crippen LogP contribution in [0, 0.1) is 17.7 Å². The van der Waals surface area contributed by atoms with Gasteiger partial charge in [0.15, 0.2) is 11.6 Å². The molecule has 4 aromatic rings. The van der Waals surface area contributed by atoms with Crippen molar-refractivity contribution in [3.8, 4) is 5.75 Å². The van der Waals surface area contributed by atoms with Crippen LogP contribution in [0.3, 0.4) is 0 Å². The van der Waals surface area contributed by atoms with E-state index >= 15 is 4.39 Å². The number of likely N-dealkylation sites (N-methyl/N-ethyl adjacent to an activating group) is 1. The maximum absolute atomic E-state index is 15.6. The van der Waals surface area contributed by atoms with E-state index in [1.165, 1.54) is 12.3 Å². The summed E-state index contributed by atoms with van der Waals surface area (Å²) >= 11 is 0. The number of amides is 1. The quantitative estimate of drug-likeness (QED) is 0.175. The number of methoxy groups -OCH3 is 1. The van der Waals surface area contributed by atoms with Crippen LogP contribution in [0.2, 0.25) is 0 Å². The summed E-state index contributed by atoms with van der Waals surface area (Å²) in [7, 11) is 1.60. The molecular formula is C40H46FN7O5. The van der Waals surface area contributed by atoms with E-state index in [1.54, 1.807) is 13.3 Å². The molecule has 1 unspecified atom stereocenters. The van der Waals surface area contributed by atoms with Crippen LogP contribution in [0.5, 0.6) is 5.75 Å². The number of benzene rings is 1. The molecule has 12 nitrogen and oxygen atoms in total. The SMILES string of the molecule is C=C[C@H]1CN2CC[C@H]1C[C@H]2[C@H](OC(=O)CNC(=O)c1cn(C2CC2)c2nc(N3CCN(CC)CC3)c(F)cc2c1=O)c1ccnc2ccc(OC)cc12. The molecule has 13 heteroatoms. The van der Waals surface area contributed by atoms with Crippen molar-refractivity contribution in [1.29, 1.82) is 0 Å². The molecule has 1 saturated carbocycles. The lowest BCUT2D eigenvalue weighted by Crippen LogP contribution is -2.55. The highest BCUT2D eigenvalue weighted by Crippen LogP contribution is 2.44. The Hall–Kier alpha value is -4.88. The van der Waals surface area contributed by atoms with E-state index in [2.05, 4.69) is 38.6 Å². The Kier molecular flexibility index (Phi) is 9.63. The zero-order valence-corrected chi connectivity index (χ0v) is 30.3. The third kappa shape index (κ3) is 6.76. The van der Waals surface area contributed by atoms with Crippen LogP contribution in [0.25, 0.3) is 21.9 Å². The Labute approximate surface area is 307 Å². The van der Waals surface area contributed by atoms with E-state index in [0.717, 1.165) is 74.9 Å². The van der Waals surface area contributed by atoms with Gasteiger partial charge in [-0.3, -0.25) is 24.3 Å². The fraction of sp³-hybridized carbons (Fsp3) is 0.475. The first-order valence-electron chi connectivity index (χ1n) is 18.8. The summed E-state index contributed by atoms with van der Waals surface area (Å²) in [5.74, 6) is -0.278. The van der Waals surface area contributed by atoms with E-state index in [0.29, 0.717) is 36.3 Å². The number of ether oxygens (including phenoxy) is 2.